The minimum Gasteiger partial charge on any atom is -1.00 e. The van der Waals surface area contributed by atoms with Crippen molar-refractivity contribution in [1.29, 1.82) is 0 Å². The molecule has 5 heteroatoms. The average molecular weight is 422 g/mol. The van der Waals surface area contributed by atoms with E-state index < -0.39 is 0 Å². The zero-order valence-corrected chi connectivity index (χ0v) is 17.6. The van der Waals surface area contributed by atoms with Gasteiger partial charge in [0, 0.05) is 21.7 Å². The number of aryl methyl sites for hydroxylation is 2. The smallest absolute Gasteiger partial charge is 0.258 e. The molecule has 1 heterocycles. The van der Waals surface area contributed by atoms with E-state index in [9.17, 15) is 4.79 Å². The number of aromatic nitrogens is 1. The summed E-state index contributed by atoms with van der Waals surface area (Å²) < 4.78 is 0. The highest BCUT2D eigenvalue weighted by Gasteiger charge is 2.21. The summed E-state index contributed by atoms with van der Waals surface area (Å²) in [5.74, 6) is -0.181. The highest BCUT2D eigenvalue weighted by molar-refractivity contribution is 6.31. The molecule has 4 rings (SSSR count). The van der Waals surface area contributed by atoms with Crippen LogP contribution in [0.3, 0.4) is 0 Å². The number of anilines is 1. The van der Waals surface area contributed by atoms with Gasteiger partial charge >= 0.3 is 0 Å². The van der Waals surface area contributed by atoms with Gasteiger partial charge in [-0.05, 0) is 49.2 Å². The maximum absolute atomic E-state index is 13.3. The summed E-state index contributed by atoms with van der Waals surface area (Å²) >= 11 is 6.27. The molecule has 146 valence electrons. The molecular weight excluding hydrogens is 403 g/mol. The number of pyridine rings is 1. The SMILES string of the molecule is Cc1ccccc1NC(=O)c1c(C)nc2ccc(Cl)cc2c1-c1ccccc1.[Cl-]. The molecule has 1 aromatic heterocycles. The predicted molar refractivity (Wildman–Crippen MR) is 116 cm³/mol. The Kier molecular flexibility index (Phi) is 6.21. The second kappa shape index (κ2) is 8.64. The molecule has 29 heavy (non-hydrogen) atoms. The van der Waals surface area contributed by atoms with Crippen LogP contribution >= 0.6 is 11.6 Å². The number of nitrogens with one attached hydrogen (secondary N) is 1. The number of carbonyl (C=O) groups excluding carboxylic acids is 1. The minimum absolute atomic E-state index is 0. The lowest BCUT2D eigenvalue weighted by atomic mass is 9.93. The Labute approximate surface area is 181 Å². The summed E-state index contributed by atoms with van der Waals surface area (Å²) in [6.07, 6.45) is 0. The molecule has 0 atom stereocenters. The van der Waals surface area contributed by atoms with Gasteiger partial charge in [-0.1, -0.05) is 60.1 Å². The zero-order valence-electron chi connectivity index (χ0n) is 16.0. The lowest BCUT2D eigenvalue weighted by Crippen LogP contribution is -3.00. The van der Waals surface area contributed by atoms with Gasteiger partial charge in [0.1, 0.15) is 0 Å². The second-order valence-electron chi connectivity index (χ2n) is 6.74. The van der Waals surface area contributed by atoms with Crippen LogP contribution < -0.4 is 17.7 Å². The number of rotatable bonds is 3. The van der Waals surface area contributed by atoms with Gasteiger partial charge < -0.3 is 17.7 Å². The standard InChI is InChI=1S/C24H19ClN2O.ClH/c1-15-8-6-7-11-20(15)27-24(28)22-16(2)26-21-13-12-18(25)14-19(21)23(22)17-9-4-3-5-10-17;/h3-14H,1-2H3,(H,27,28);1H/p-1. The normalized spacial score (nSPS) is 10.4. The van der Waals surface area contributed by atoms with Crippen molar-refractivity contribution in [2.45, 2.75) is 13.8 Å². The van der Waals surface area contributed by atoms with Gasteiger partial charge in [-0.3, -0.25) is 9.78 Å². The van der Waals surface area contributed by atoms with E-state index in [1.54, 1.807) is 0 Å². The summed E-state index contributed by atoms with van der Waals surface area (Å²) in [7, 11) is 0. The molecule has 0 spiro atoms. The van der Waals surface area contributed by atoms with E-state index in [0.29, 0.717) is 16.3 Å². The van der Waals surface area contributed by atoms with Crippen molar-refractivity contribution in [3.63, 3.8) is 0 Å². The molecule has 0 bridgehead atoms. The third-order valence-corrected chi connectivity index (χ3v) is 5.05. The first-order valence-electron chi connectivity index (χ1n) is 9.07. The van der Waals surface area contributed by atoms with Crippen LogP contribution in [0.15, 0.2) is 72.8 Å². The summed E-state index contributed by atoms with van der Waals surface area (Å²) in [6, 6.07) is 23.2. The number of nitrogens with zero attached hydrogens (tertiary/aromatic N) is 1. The number of para-hydroxylation sites is 1. The van der Waals surface area contributed by atoms with Crippen LogP contribution in [0, 0.1) is 13.8 Å². The molecule has 0 unspecified atom stereocenters. The van der Waals surface area contributed by atoms with Gasteiger partial charge in [-0.15, -0.1) is 0 Å². The fourth-order valence-electron chi connectivity index (χ4n) is 3.44. The summed E-state index contributed by atoms with van der Waals surface area (Å²) in [4.78, 5) is 18.0. The number of hydrogen-bond donors (Lipinski definition) is 1. The maximum atomic E-state index is 13.3. The molecule has 0 aliphatic heterocycles. The molecule has 0 fully saturated rings. The van der Waals surface area contributed by atoms with E-state index in [1.807, 2.05) is 86.6 Å². The van der Waals surface area contributed by atoms with Crippen LogP contribution in [-0.2, 0) is 0 Å². The number of halogens is 2. The Morgan fingerprint density at radius 2 is 1.62 bits per heavy atom. The molecule has 0 aliphatic rings. The molecule has 3 aromatic carbocycles. The minimum atomic E-state index is -0.181. The summed E-state index contributed by atoms with van der Waals surface area (Å²) in [5.41, 5.74) is 5.65. The first-order chi connectivity index (χ1) is 13.5. The van der Waals surface area contributed by atoms with Gasteiger partial charge in [0.05, 0.1) is 16.8 Å². The van der Waals surface area contributed by atoms with Crippen LogP contribution in [-0.4, -0.2) is 10.9 Å². The van der Waals surface area contributed by atoms with Crippen molar-refractivity contribution < 1.29 is 17.2 Å². The van der Waals surface area contributed by atoms with Crippen LogP contribution in [0.5, 0.6) is 0 Å². The molecule has 0 radical (unpaired) electrons. The summed E-state index contributed by atoms with van der Waals surface area (Å²) in [5, 5.41) is 4.52. The van der Waals surface area contributed by atoms with Gasteiger partial charge in [0.25, 0.3) is 5.91 Å². The molecule has 0 aliphatic carbocycles. The maximum Gasteiger partial charge on any atom is 0.258 e. The molecule has 1 N–H and O–H groups in total. The van der Waals surface area contributed by atoms with Crippen molar-refractivity contribution in [1.82, 2.24) is 4.98 Å². The Morgan fingerprint density at radius 3 is 2.34 bits per heavy atom. The van der Waals surface area contributed by atoms with Gasteiger partial charge in [-0.2, -0.15) is 0 Å². The van der Waals surface area contributed by atoms with Gasteiger partial charge in [0.2, 0.25) is 0 Å². The second-order valence-corrected chi connectivity index (χ2v) is 7.18. The largest absolute Gasteiger partial charge is 1.00 e. The Hall–Kier alpha value is -2.88. The first-order valence-corrected chi connectivity index (χ1v) is 9.44. The van der Waals surface area contributed by atoms with E-state index >= 15 is 0 Å². The molecule has 4 aromatic rings. The van der Waals surface area contributed by atoms with Gasteiger partial charge in [-0.25, -0.2) is 0 Å². The van der Waals surface area contributed by atoms with E-state index in [0.717, 1.165) is 33.3 Å². The lowest BCUT2D eigenvalue weighted by molar-refractivity contribution is -0.0000133. The van der Waals surface area contributed by atoms with Crippen LogP contribution in [0.1, 0.15) is 21.6 Å². The van der Waals surface area contributed by atoms with Crippen LogP contribution in [0.4, 0.5) is 5.69 Å². The number of amides is 1. The van der Waals surface area contributed by atoms with Crippen LogP contribution in [0.2, 0.25) is 5.02 Å². The molecule has 3 nitrogen and oxygen atoms in total. The number of carbonyl (C=O) groups is 1. The van der Waals surface area contributed by atoms with E-state index in [-0.39, 0.29) is 18.3 Å². The third-order valence-electron chi connectivity index (χ3n) is 4.81. The number of fused-ring (bicyclic) bond motifs is 1. The van der Waals surface area contributed by atoms with E-state index in [1.165, 1.54) is 0 Å². The highest BCUT2D eigenvalue weighted by Crippen LogP contribution is 2.35. The molecule has 0 saturated heterocycles. The Bertz CT molecular complexity index is 1190. The molecular formula is C24H19Cl2N2O-. The average Bonchev–Trinajstić information content (AvgIpc) is 2.69. The summed E-state index contributed by atoms with van der Waals surface area (Å²) in [6.45, 7) is 3.84. The first kappa shape index (κ1) is 20.8. The Morgan fingerprint density at radius 1 is 0.931 bits per heavy atom. The monoisotopic (exact) mass is 421 g/mol. The van der Waals surface area contributed by atoms with E-state index in [4.69, 9.17) is 11.6 Å². The van der Waals surface area contributed by atoms with Crippen molar-refractivity contribution in [3.8, 4) is 11.1 Å². The third kappa shape index (κ3) is 4.12. The fraction of sp³-hybridized carbons (Fsp3) is 0.0833. The molecule has 1 amide bonds. The quantitative estimate of drug-likeness (QED) is 0.550. The van der Waals surface area contributed by atoms with Crippen molar-refractivity contribution in [2.24, 2.45) is 0 Å². The van der Waals surface area contributed by atoms with Crippen molar-refractivity contribution in [2.75, 3.05) is 5.32 Å². The fourth-order valence-corrected chi connectivity index (χ4v) is 3.61. The van der Waals surface area contributed by atoms with E-state index in [2.05, 4.69) is 10.3 Å². The molecule has 0 saturated carbocycles. The number of hydrogen-bond acceptors (Lipinski definition) is 2. The highest BCUT2D eigenvalue weighted by atomic mass is 35.5. The topological polar surface area (TPSA) is 42.0 Å². The van der Waals surface area contributed by atoms with Crippen molar-refractivity contribution in [3.05, 3.63) is 94.6 Å². The van der Waals surface area contributed by atoms with Crippen molar-refractivity contribution >= 4 is 34.1 Å². The predicted octanol–water partition coefficient (Wildman–Crippen LogP) is 3.43. The Balaban J connectivity index is 0.00000240. The lowest BCUT2D eigenvalue weighted by Gasteiger charge is -2.17. The number of benzene rings is 3. The van der Waals surface area contributed by atoms with Crippen LogP contribution in [0.25, 0.3) is 22.0 Å². The van der Waals surface area contributed by atoms with Gasteiger partial charge in [0.15, 0.2) is 0 Å². The zero-order chi connectivity index (χ0) is 19.7.